The van der Waals surface area contributed by atoms with Gasteiger partial charge in [-0.25, -0.2) is 0 Å². The van der Waals surface area contributed by atoms with E-state index in [1.165, 1.54) is 18.5 Å². The Morgan fingerprint density at radius 1 is 1.50 bits per heavy atom. The van der Waals surface area contributed by atoms with E-state index in [4.69, 9.17) is 11.6 Å². The Kier molecular flexibility index (Phi) is 3.93. The van der Waals surface area contributed by atoms with Crippen LogP contribution in [0, 0.1) is 11.8 Å². The van der Waals surface area contributed by atoms with Crippen molar-refractivity contribution in [1.82, 2.24) is 4.90 Å². The molecule has 2 unspecified atom stereocenters. The monoisotopic (exact) mass is 301 g/mol. The van der Waals surface area contributed by atoms with Crippen molar-refractivity contribution in [3.8, 4) is 0 Å². The molecule has 1 aromatic carbocycles. The molecule has 0 N–H and O–H groups in total. The van der Waals surface area contributed by atoms with Gasteiger partial charge in [-0.15, -0.1) is 0 Å². The molecule has 0 aliphatic heterocycles. The normalized spacial score (nSPS) is 23.8. The van der Waals surface area contributed by atoms with Crippen LogP contribution in [0.5, 0.6) is 0 Å². The van der Waals surface area contributed by atoms with Crippen molar-refractivity contribution >= 4 is 27.5 Å². The fourth-order valence-corrected chi connectivity index (χ4v) is 2.79. The summed E-state index contributed by atoms with van der Waals surface area (Å²) >= 11 is 9.62. The first-order chi connectivity index (χ1) is 7.56. The zero-order valence-electron chi connectivity index (χ0n) is 9.71. The van der Waals surface area contributed by atoms with Crippen LogP contribution < -0.4 is 0 Å². The molecule has 0 radical (unpaired) electrons. The van der Waals surface area contributed by atoms with Crippen molar-refractivity contribution < 1.29 is 0 Å². The highest BCUT2D eigenvalue weighted by Gasteiger charge is 2.33. The molecular formula is C13H17BrClN. The topological polar surface area (TPSA) is 3.24 Å². The van der Waals surface area contributed by atoms with Gasteiger partial charge in [0.15, 0.2) is 0 Å². The minimum absolute atomic E-state index is 0.852. The van der Waals surface area contributed by atoms with Crippen molar-refractivity contribution in [2.24, 2.45) is 11.8 Å². The Bertz CT molecular complexity index is 380. The van der Waals surface area contributed by atoms with E-state index in [0.717, 1.165) is 27.9 Å². The number of hydrogen-bond acceptors (Lipinski definition) is 1. The van der Waals surface area contributed by atoms with E-state index in [-0.39, 0.29) is 0 Å². The van der Waals surface area contributed by atoms with Crippen LogP contribution in [-0.2, 0) is 6.54 Å². The third-order valence-corrected chi connectivity index (χ3v) is 4.12. The second kappa shape index (κ2) is 5.07. The molecule has 88 valence electrons. The van der Waals surface area contributed by atoms with Gasteiger partial charge in [-0.2, -0.15) is 0 Å². The van der Waals surface area contributed by atoms with Crippen molar-refractivity contribution in [3.63, 3.8) is 0 Å². The molecule has 1 aliphatic rings. The lowest BCUT2D eigenvalue weighted by atomic mass is 10.2. The summed E-state index contributed by atoms with van der Waals surface area (Å²) in [5.74, 6) is 1.82. The number of benzene rings is 1. The zero-order valence-corrected chi connectivity index (χ0v) is 12.1. The van der Waals surface area contributed by atoms with Gasteiger partial charge in [0.25, 0.3) is 0 Å². The standard InChI is InChI=1S/C13H17BrClN/c1-9-5-11(9)8-16(2)7-10-3-4-12(14)6-13(10)15/h3-4,6,9,11H,5,7-8H2,1-2H3. The van der Waals surface area contributed by atoms with Gasteiger partial charge >= 0.3 is 0 Å². The second-order valence-corrected chi connectivity index (χ2v) is 6.23. The van der Waals surface area contributed by atoms with Crippen molar-refractivity contribution in [2.75, 3.05) is 13.6 Å². The van der Waals surface area contributed by atoms with Gasteiger partial charge in [0, 0.05) is 22.6 Å². The molecule has 1 nitrogen and oxygen atoms in total. The van der Waals surface area contributed by atoms with Crippen molar-refractivity contribution in [2.45, 2.75) is 19.9 Å². The highest BCUT2D eigenvalue weighted by atomic mass is 79.9. The average molecular weight is 303 g/mol. The largest absolute Gasteiger partial charge is 0.302 e. The molecule has 2 rings (SSSR count). The van der Waals surface area contributed by atoms with Gasteiger partial charge in [-0.05, 0) is 43.0 Å². The predicted molar refractivity (Wildman–Crippen MR) is 72.8 cm³/mol. The Morgan fingerprint density at radius 3 is 2.75 bits per heavy atom. The second-order valence-electron chi connectivity index (χ2n) is 4.91. The first kappa shape index (κ1) is 12.4. The highest BCUT2D eigenvalue weighted by Crippen LogP contribution is 2.38. The Morgan fingerprint density at radius 2 is 2.19 bits per heavy atom. The van der Waals surface area contributed by atoms with E-state index in [2.05, 4.69) is 46.9 Å². The summed E-state index contributed by atoms with van der Waals surface area (Å²) in [7, 11) is 2.17. The summed E-state index contributed by atoms with van der Waals surface area (Å²) in [4.78, 5) is 2.36. The lowest BCUT2D eigenvalue weighted by Gasteiger charge is -2.17. The van der Waals surface area contributed by atoms with Gasteiger partial charge in [0.05, 0.1) is 0 Å². The molecule has 0 saturated heterocycles. The maximum atomic E-state index is 6.20. The van der Waals surface area contributed by atoms with E-state index in [1.54, 1.807) is 0 Å². The van der Waals surface area contributed by atoms with Gasteiger partial charge < -0.3 is 4.90 Å². The molecule has 1 aliphatic carbocycles. The smallest absolute Gasteiger partial charge is 0.0462 e. The summed E-state index contributed by atoms with van der Waals surface area (Å²) < 4.78 is 1.04. The minimum Gasteiger partial charge on any atom is -0.302 e. The van der Waals surface area contributed by atoms with Crippen LogP contribution in [0.3, 0.4) is 0 Å². The Labute approximate surface area is 111 Å². The maximum absolute atomic E-state index is 6.20. The van der Waals surface area contributed by atoms with Gasteiger partial charge in [-0.3, -0.25) is 0 Å². The minimum atomic E-state index is 0.852. The van der Waals surface area contributed by atoms with E-state index >= 15 is 0 Å². The molecule has 1 fully saturated rings. The third-order valence-electron chi connectivity index (χ3n) is 3.28. The van der Waals surface area contributed by atoms with Crippen LogP contribution in [-0.4, -0.2) is 18.5 Å². The van der Waals surface area contributed by atoms with E-state index < -0.39 is 0 Å². The van der Waals surface area contributed by atoms with Gasteiger partial charge in [-0.1, -0.05) is 40.5 Å². The van der Waals surface area contributed by atoms with Crippen LogP contribution in [0.2, 0.25) is 5.02 Å². The van der Waals surface area contributed by atoms with Crippen LogP contribution >= 0.6 is 27.5 Å². The van der Waals surface area contributed by atoms with Crippen molar-refractivity contribution in [3.05, 3.63) is 33.3 Å². The summed E-state index contributed by atoms with van der Waals surface area (Å²) in [6.07, 6.45) is 1.39. The summed E-state index contributed by atoms with van der Waals surface area (Å²) in [5, 5.41) is 0.852. The molecule has 0 spiro atoms. The molecule has 0 heterocycles. The number of nitrogens with zero attached hydrogens (tertiary/aromatic N) is 1. The number of rotatable bonds is 4. The molecule has 1 aromatic rings. The third kappa shape index (κ3) is 3.22. The van der Waals surface area contributed by atoms with Gasteiger partial charge in [0.2, 0.25) is 0 Å². The van der Waals surface area contributed by atoms with E-state index in [9.17, 15) is 0 Å². The Hall–Kier alpha value is -0.0500. The molecule has 2 atom stereocenters. The number of hydrogen-bond donors (Lipinski definition) is 0. The summed E-state index contributed by atoms with van der Waals surface area (Å²) in [5.41, 5.74) is 1.21. The molecule has 0 bridgehead atoms. The lowest BCUT2D eigenvalue weighted by molar-refractivity contribution is 0.307. The molecule has 3 heteroatoms. The quantitative estimate of drug-likeness (QED) is 0.806. The van der Waals surface area contributed by atoms with E-state index in [0.29, 0.717) is 0 Å². The predicted octanol–water partition coefficient (Wildman–Crippen LogP) is 4.19. The summed E-state index contributed by atoms with van der Waals surface area (Å²) in [6.45, 7) is 4.45. The zero-order chi connectivity index (χ0) is 11.7. The number of halogens is 2. The van der Waals surface area contributed by atoms with E-state index in [1.807, 2.05) is 6.07 Å². The first-order valence-electron chi connectivity index (χ1n) is 5.68. The van der Waals surface area contributed by atoms with Gasteiger partial charge in [0.1, 0.15) is 0 Å². The fourth-order valence-electron chi connectivity index (χ4n) is 2.06. The fraction of sp³-hybridized carbons (Fsp3) is 0.538. The molecule has 0 amide bonds. The first-order valence-corrected chi connectivity index (χ1v) is 6.86. The molecule has 0 aromatic heterocycles. The highest BCUT2D eigenvalue weighted by molar-refractivity contribution is 9.10. The summed E-state index contributed by atoms with van der Waals surface area (Å²) in [6, 6.07) is 6.11. The van der Waals surface area contributed by atoms with Crippen LogP contribution in [0.1, 0.15) is 18.9 Å². The van der Waals surface area contributed by atoms with Crippen LogP contribution in [0.4, 0.5) is 0 Å². The Balaban J connectivity index is 1.92. The average Bonchev–Trinajstić information content (AvgIpc) is 2.86. The molecule has 1 saturated carbocycles. The molecular weight excluding hydrogens is 286 g/mol. The SMILES string of the molecule is CC1CC1CN(C)Cc1ccc(Br)cc1Cl. The maximum Gasteiger partial charge on any atom is 0.0462 e. The van der Waals surface area contributed by atoms with Crippen molar-refractivity contribution in [1.29, 1.82) is 0 Å². The van der Waals surface area contributed by atoms with Crippen LogP contribution in [0.25, 0.3) is 0 Å². The van der Waals surface area contributed by atoms with Crippen LogP contribution in [0.15, 0.2) is 22.7 Å². The molecule has 16 heavy (non-hydrogen) atoms. The lowest BCUT2D eigenvalue weighted by Crippen LogP contribution is -2.21.